The fourth-order valence-electron chi connectivity index (χ4n) is 1.97. The number of halogens is 5. The highest BCUT2D eigenvalue weighted by Crippen LogP contribution is 2.36. The third-order valence-electron chi connectivity index (χ3n) is 3.17. The number of hydrazone groups is 1. The second-order valence-corrected chi connectivity index (χ2v) is 4.89. The summed E-state index contributed by atoms with van der Waals surface area (Å²) < 4.78 is 71.2. The molecule has 0 saturated carbocycles. The van der Waals surface area contributed by atoms with Crippen LogP contribution < -0.4 is 10.2 Å². The standard InChI is InChI=1S/C15H10F5N3O4/c1-2-27-8-4-6(3-7(15(8)24)23(25)26)5-21-22-14-12(19)10(17)9(16)11(18)13(14)20/h3-5,22,24H,2H2,1H3/b21-5-. The van der Waals surface area contributed by atoms with Gasteiger partial charge in [-0.25, -0.2) is 22.0 Å². The van der Waals surface area contributed by atoms with Crippen molar-refractivity contribution in [2.24, 2.45) is 5.10 Å². The van der Waals surface area contributed by atoms with E-state index in [1.165, 1.54) is 0 Å². The van der Waals surface area contributed by atoms with Crippen molar-refractivity contribution in [1.29, 1.82) is 0 Å². The van der Waals surface area contributed by atoms with Gasteiger partial charge in [-0.2, -0.15) is 5.10 Å². The van der Waals surface area contributed by atoms with Gasteiger partial charge in [-0.1, -0.05) is 0 Å². The number of ether oxygens (including phenoxy) is 1. The van der Waals surface area contributed by atoms with E-state index in [1.54, 1.807) is 12.3 Å². The molecule has 2 N–H and O–H groups in total. The van der Waals surface area contributed by atoms with Crippen molar-refractivity contribution in [3.63, 3.8) is 0 Å². The van der Waals surface area contributed by atoms with E-state index < -0.39 is 51.1 Å². The molecule has 2 aromatic carbocycles. The fraction of sp³-hybridized carbons (Fsp3) is 0.133. The van der Waals surface area contributed by atoms with Crippen LogP contribution in [0.25, 0.3) is 0 Å². The zero-order chi connectivity index (χ0) is 20.3. The van der Waals surface area contributed by atoms with Gasteiger partial charge in [-0.3, -0.25) is 15.5 Å². The van der Waals surface area contributed by atoms with Gasteiger partial charge in [0.1, 0.15) is 5.69 Å². The molecule has 0 aromatic heterocycles. The second kappa shape index (κ2) is 7.85. The maximum atomic E-state index is 13.5. The van der Waals surface area contributed by atoms with Crippen molar-refractivity contribution in [1.82, 2.24) is 0 Å². The highest BCUT2D eigenvalue weighted by Gasteiger charge is 2.25. The molecule has 12 heteroatoms. The fourth-order valence-corrected chi connectivity index (χ4v) is 1.97. The van der Waals surface area contributed by atoms with E-state index in [0.29, 0.717) is 0 Å². The van der Waals surface area contributed by atoms with E-state index in [-0.39, 0.29) is 17.9 Å². The SMILES string of the molecule is CCOc1cc(/C=N\Nc2c(F)c(F)c(F)c(F)c2F)cc([N+](=O)[O-])c1O. The molecule has 2 rings (SSSR count). The Labute approximate surface area is 147 Å². The van der Waals surface area contributed by atoms with E-state index in [9.17, 15) is 37.2 Å². The van der Waals surface area contributed by atoms with Crippen molar-refractivity contribution in [3.8, 4) is 11.5 Å². The van der Waals surface area contributed by atoms with Crippen LogP contribution in [-0.2, 0) is 0 Å². The third-order valence-corrected chi connectivity index (χ3v) is 3.17. The van der Waals surface area contributed by atoms with Crippen LogP contribution in [0.1, 0.15) is 12.5 Å². The third kappa shape index (κ3) is 3.88. The van der Waals surface area contributed by atoms with Crippen LogP contribution in [-0.4, -0.2) is 22.9 Å². The molecule has 27 heavy (non-hydrogen) atoms. The Morgan fingerprint density at radius 1 is 1.15 bits per heavy atom. The minimum Gasteiger partial charge on any atom is -0.500 e. The van der Waals surface area contributed by atoms with Crippen molar-refractivity contribution >= 4 is 17.6 Å². The molecule has 0 amide bonds. The molecule has 0 bridgehead atoms. The molecule has 0 radical (unpaired) electrons. The lowest BCUT2D eigenvalue weighted by molar-refractivity contribution is -0.386. The Hall–Kier alpha value is -3.44. The minimum absolute atomic E-state index is 0.0562. The van der Waals surface area contributed by atoms with Crippen LogP contribution in [0.15, 0.2) is 17.2 Å². The zero-order valence-electron chi connectivity index (χ0n) is 13.4. The van der Waals surface area contributed by atoms with Gasteiger partial charge < -0.3 is 9.84 Å². The molecule has 0 aliphatic carbocycles. The predicted octanol–water partition coefficient (Wildman–Crippen LogP) is 3.84. The van der Waals surface area contributed by atoms with Crippen LogP contribution in [0.5, 0.6) is 11.5 Å². The molecule has 0 heterocycles. The maximum absolute atomic E-state index is 13.5. The van der Waals surface area contributed by atoms with E-state index >= 15 is 0 Å². The van der Waals surface area contributed by atoms with Gasteiger partial charge in [0.25, 0.3) is 0 Å². The zero-order valence-corrected chi connectivity index (χ0v) is 13.4. The summed E-state index contributed by atoms with van der Waals surface area (Å²) in [7, 11) is 0. The van der Waals surface area contributed by atoms with Crippen molar-refractivity contribution in [3.05, 3.63) is 56.9 Å². The van der Waals surface area contributed by atoms with Gasteiger partial charge in [0.05, 0.1) is 17.7 Å². The highest BCUT2D eigenvalue weighted by molar-refractivity contribution is 5.83. The van der Waals surface area contributed by atoms with E-state index in [0.717, 1.165) is 18.3 Å². The van der Waals surface area contributed by atoms with Gasteiger partial charge in [0.15, 0.2) is 29.0 Å². The number of hydrogen-bond donors (Lipinski definition) is 2. The summed E-state index contributed by atoms with van der Waals surface area (Å²) in [6, 6.07) is 1.98. The average molecular weight is 391 g/mol. The van der Waals surface area contributed by atoms with E-state index in [4.69, 9.17) is 4.74 Å². The molecular formula is C15H10F5N3O4. The van der Waals surface area contributed by atoms with Crippen LogP contribution in [0.4, 0.5) is 33.3 Å². The molecule has 2 aromatic rings. The number of nitro groups is 1. The van der Waals surface area contributed by atoms with Crippen LogP contribution in [0.3, 0.4) is 0 Å². The van der Waals surface area contributed by atoms with Gasteiger partial charge in [-0.15, -0.1) is 0 Å². The average Bonchev–Trinajstić information content (AvgIpc) is 2.63. The maximum Gasteiger partial charge on any atom is 0.315 e. The summed E-state index contributed by atoms with van der Waals surface area (Å²) >= 11 is 0. The Morgan fingerprint density at radius 3 is 2.22 bits per heavy atom. The summed E-state index contributed by atoms with van der Waals surface area (Å²) in [5.41, 5.74) is -0.542. The van der Waals surface area contributed by atoms with Gasteiger partial charge >= 0.3 is 5.69 Å². The van der Waals surface area contributed by atoms with Gasteiger partial charge in [0.2, 0.25) is 11.6 Å². The predicted molar refractivity (Wildman–Crippen MR) is 83.4 cm³/mol. The molecule has 0 aliphatic rings. The summed E-state index contributed by atoms with van der Waals surface area (Å²) in [5, 5.41) is 24.0. The summed E-state index contributed by atoms with van der Waals surface area (Å²) in [5.74, 6) is -11.9. The van der Waals surface area contributed by atoms with Crippen molar-refractivity contribution in [2.45, 2.75) is 6.92 Å². The number of nitrogens with zero attached hydrogens (tertiary/aromatic N) is 2. The van der Waals surface area contributed by atoms with Crippen LogP contribution >= 0.6 is 0 Å². The number of nitrogens with one attached hydrogen (secondary N) is 1. The van der Waals surface area contributed by atoms with Gasteiger partial charge in [-0.05, 0) is 13.0 Å². The summed E-state index contributed by atoms with van der Waals surface area (Å²) in [6.45, 7) is 1.62. The molecule has 0 fully saturated rings. The number of rotatable bonds is 6. The molecule has 0 spiro atoms. The number of anilines is 1. The Balaban J connectivity index is 2.39. The Morgan fingerprint density at radius 2 is 1.70 bits per heavy atom. The molecule has 144 valence electrons. The first kappa shape index (κ1) is 19.9. The monoisotopic (exact) mass is 391 g/mol. The van der Waals surface area contributed by atoms with Crippen molar-refractivity contribution < 1.29 is 36.7 Å². The number of phenolic OH excluding ortho intramolecular Hbond substituents is 1. The number of benzene rings is 2. The van der Waals surface area contributed by atoms with Crippen LogP contribution in [0.2, 0.25) is 0 Å². The number of phenols is 1. The molecule has 0 atom stereocenters. The number of aromatic hydroxyl groups is 1. The lowest BCUT2D eigenvalue weighted by Crippen LogP contribution is -2.06. The summed E-state index contributed by atoms with van der Waals surface area (Å²) in [4.78, 5) is 10.0. The van der Waals surface area contributed by atoms with E-state index in [2.05, 4.69) is 5.10 Å². The Kier molecular flexibility index (Phi) is 5.78. The minimum atomic E-state index is -2.32. The first-order valence-electron chi connectivity index (χ1n) is 7.13. The molecule has 0 aliphatic heterocycles. The van der Waals surface area contributed by atoms with Crippen molar-refractivity contribution in [2.75, 3.05) is 12.0 Å². The Bertz CT molecular complexity index is 907. The lowest BCUT2D eigenvalue weighted by Gasteiger charge is -2.08. The number of nitro benzene ring substituents is 1. The summed E-state index contributed by atoms with van der Waals surface area (Å²) in [6.07, 6.45) is 0.799. The lowest BCUT2D eigenvalue weighted by atomic mass is 10.2. The molecule has 7 nitrogen and oxygen atoms in total. The topological polar surface area (TPSA) is 97.0 Å². The quantitative estimate of drug-likeness (QED) is 0.195. The smallest absolute Gasteiger partial charge is 0.315 e. The number of hydrogen-bond acceptors (Lipinski definition) is 6. The molecule has 0 unspecified atom stereocenters. The highest BCUT2D eigenvalue weighted by atomic mass is 19.2. The van der Waals surface area contributed by atoms with Gasteiger partial charge in [0, 0.05) is 11.6 Å². The second-order valence-electron chi connectivity index (χ2n) is 4.89. The first-order chi connectivity index (χ1) is 12.7. The largest absolute Gasteiger partial charge is 0.500 e. The van der Waals surface area contributed by atoms with Crippen LogP contribution in [0, 0.1) is 39.2 Å². The molecule has 0 saturated heterocycles. The first-order valence-corrected chi connectivity index (χ1v) is 7.13. The molecular weight excluding hydrogens is 381 g/mol. The van der Waals surface area contributed by atoms with E-state index in [1.807, 2.05) is 0 Å². The normalized spacial score (nSPS) is 11.0.